The highest BCUT2D eigenvalue weighted by molar-refractivity contribution is 7.83. The van der Waals surface area contributed by atoms with Crippen molar-refractivity contribution in [3.63, 3.8) is 0 Å². The number of hydrogen-bond acceptors (Lipinski definition) is 4. The van der Waals surface area contributed by atoms with Gasteiger partial charge in [0.2, 0.25) is 0 Å². The van der Waals surface area contributed by atoms with Crippen molar-refractivity contribution in [1.29, 1.82) is 0 Å². The minimum Gasteiger partial charge on any atom is -0.490 e. The van der Waals surface area contributed by atoms with Gasteiger partial charge in [0.25, 0.3) is 5.91 Å². The minimum atomic E-state index is -0.956. The molecule has 0 fully saturated rings. The van der Waals surface area contributed by atoms with Crippen LogP contribution in [0.5, 0.6) is 5.75 Å². The lowest BCUT2D eigenvalue weighted by molar-refractivity contribution is 0.101. The zero-order valence-electron chi connectivity index (χ0n) is 16.1. The van der Waals surface area contributed by atoms with E-state index in [0.29, 0.717) is 23.8 Å². The van der Waals surface area contributed by atoms with Crippen LogP contribution in [-0.4, -0.2) is 32.8 Å². The summed E-state index contributed by atoms with van der Waals surface area (Å²) in [5.74, 6) is 0.519. The predicted octanol–water partition coefficient (Wildman–Crippen LogP) is 3.71. The first-order valence-electron chi connectivity index (χ1n) is 8.97. The lowest BCUT2D eigenvalue weighted by Crippen LogP contribution is -2.15. The molecular weight excluding hydrogens is 374 g/mol. The number of para-hydroxylation sites is 1. The Labute approximate surface area is 167 Å². The van der Waals surface area contributed by atoms with E-state index in [9.17, 15) is 9.00 Å². The van der Waals surface area contributed by atoms with E-state index in [0.717, 1.165) is 16.8 Å². The summed E-state index contributed by atoms with van der Waals surface area (Å²) in [5, 5.41) is 7.34. The van der Waals surface area contributed by atoms with Crippen LogP contribution < -0.4 is 10.1 Å². The Kier molecular flexibility index (Phi) is 6.26. The molecule has 0 bridgehead atoms. The summed E-state index contributed by atoms with van der Waals surface area (Å²) in [4.78, 5) is 12.9. The molecule has 1 heterocycles. The van der Waals surface area contributed by atoms with Gasteiger partial charge in [-0.15, -0.1) is 0 Å². The largest absolute Gasteiger partial charge is 0.490 e. The Morgan fingerprint density at radius 2 is 1.93 bits per heavy atom. The number of amides is 1. The van der Waals surface area contributed by atoms with Gasteiger partial charge in [-0.1, -0.05) is 30.3 Å². The fourth-order valence-electron chi connectivity index (χ4n) is 2.87. The van der Waals surface area contributed by atoms with Crippen LogP contribution in [0.25, 0.3) is 5.69 Å². The number of carbonyl (C=O) groups is 1. The van der Waals surface area contributed by atoms with Crippen LogP contribution in [0.1, 0.15) is 28.5 Å². The van der Waals surface area contributed by atoms with Crippen molar-refractivity contribution in [2.45, 2.75) is 19.6 Å². The number of benzene rings is 2. The first-order chi connectivity index (χ1) is 13.5. The Balaban J connectivity index is 1.90. The predicted molar refractivity (Wildman–Crippen MR) is 112 cm³/mol. The van der Waals surface area contributed by atoms with Crippen LogP contribution in [0.2, 0.25) is 0 Å². The Hall–Kier alpha value is -2.93. The molecule has 1 atom stereocenters. The van der Waals surface area contributed by atoms with Crippen LogP contribution in [0, 0.1) is 6.92 Å². The van der Waals surface area contributed by atoms with E-state index in [1.54, 1.807) is 17.1 Å². The van der Waals surface area contributed by atoms with Gasteiger partial charge in [-0.3, -0.25) is 9.00 Å². The highest BCUT2D eigenvalue weighted by Crippen LogP contribution is 2.24. The van der Waals surface area contributed by atoms with Crippen LogP contribution in [-0.2, 0) is 16.6 Å². The lowest BCUT2D eigenvalue weighted by Gasteiger charge is -2.11. The summed E-state index contributed by atoms with van der Waals surface area (Å²) in [6.07, 6.45) is 3.37. The molecule has 28 heavy (non-hydrogen) atoms. The number of ether oxygens (including phenoxy) is 1. The summed E-state index contributed by atoms with van der Waals surface area (Å²) in [7, 11) is -0.956. The zero-order valence-corrected chi connectivity index (χ0v) is 17.0. The molecule has 2 aromatic carbocycles. The van der Waals surface area contributed by atoms with Crippen molar-refractivity contribution in [3.05, 3.63) is 71.5 Å². The number of nitrogens with one attached hydrogen (secondary N) is 1. The summed E-state index contributed by atoms with van der Waals surface area (Å²) < 4.78 is 18.8. The van der Waals surface area contributed by atoms with Gasteiger partial charge in [0.05, 0.1) is 18.5 Å². The summed E-state index contributed by atoms with van der Waals surface area (Å²) in [6.45, 7) is 4.20. The van der Waals surface area contributed by atoms with Crippen LogP contribution in [0.3, 0.4) is 0 Å². The topological polar surface area (TPSA) is 73.2 Å². The fourth-order valence-corrected chi connectivity index (χ4v) is 3.62. The average Bonchev–Trinajstić information content (AvgIpc) is 3.10. The van der Waals surface area contributed by atoms with E-state index in [2.05, 4.69) is 10.4 Å². The Morgan fingerprint density at radius 1 is 1.18 bits per heavy atom. The number of nitrogens with zero attached hydrogens (tertiary/aromatic N) is 2. The molecule has 146 valence electrons. The van der Waals surface area contributed by atoms with Gasteiger partial charge in [-0.2, -0.15) is 5.10 Å². The summed E-state index contributed by atoms with van der Waals surface area (Å²) in [6, 6.07) is 15.1. The van der Waals surface area contributed by atoms with Crippen molar-refractivity contribution in [2.24, 2.45) is 0 Å². The van der Waals surface area contributed by atoms with Crippen LogP contribution in [0.15, 0.2) is 54.7 Å². The zero-order chi connectivity index (χ0) is 20.1. The molecule has 0 spiro atoms. The monoisotopic (exact) mass is 397 g/mol. The highest BCUT2D eigenvalue weighted by Gasteiger charge is 2.20. The normalized spacial score (nSPS) is 11.8. The molecule has 3 aromatic rings. The molecule has 1 N–H and O–H groups in total. The molecule has 7 heteroatoms. The summed E-state index contributed by atoms with van der Waals surface area (Å²) in [5.41, 5.74) is 3.57. The van der Waals surface area contributed by atoms with Gasteiger partial charge in [-0.05, 0) is 43.2 Å². The van der Waals surface area contributed by atoms with Gasteiger partial charge < -0.3 is 10.1 Å². The SMILES string of the molecule is CCOc1cn(-c2ccccc2)nc1C(=O)Nc1cccc(CS(C)=O)c1C. The molecule has 1 unspecified atom stereocenters. The standard InChI is InChI=1S/C21H23N3O3S/c1-4-27-19-13-24(17-10-6-5-7-11-17)23-20(19)21(25)22-18-12-8-9-16(15(18)2)14-28(3)26/h5-13H,4,14H2,1-3H3,(H,22,25). The van der Waals surface area contributed by atoms with Crippen LogP contribution >= 0.6 is 0 Å². The van der Waals surface area contributed by atoms with E-state index < -0.39 is 10.8 Å². The maximum absolute atomic E-state index is 12.9. The van der Waals surface area contributed by atoms with Gasteiger partial charge in [0, 0.05) is 28.5 Å². The number of rotatable bonds is 7. The third-order valence-electron chi connectivity index (χ3n) is 4.27. The van der Waals surface area contributed by atoms with E-state index in [-0.39, 0.29) is 11.6 Å². The molecule has 0 saturated heterocycles. The Bertz CT molecular complexity index is 999. The molecule has 3 rings (SSSR count). The number of anilines is 1. The second-order valence-electron chi connectivity index (χ2n) is 6.32. The van der Waals surface area contributed by atoms with Crippen molar-refractivity contribution in [3.8, 4) is 11.4 Å². The van der Waals surface area contributed by atoms with Crippen molar-refractivity contribution < 1.29 is 13.7 Å². The van der Waals surface area contributed by atoms with Crippen LogP contribution in [0.4, 0.5) is 5.69 Å². The average molecular weight is 398 g/mol. The molecule has 0 aliphatic carbocycles. The molecule has 6 nitrogen and oxygen atoms in total. The molecule has 0 radical (unpaired) electrons. The third kappa shape index (κ3) is 4.48. The number of hydrogen-bond donors (Lipinski definition) is 1. The van der Waals surface area contributed by atoms with E-state index in [4.69, 9.17) is 4.74 Å². The van der Waals surface area contributed by atoms with Gasteiger partial charge >= 0.3 is 0 Å². The molecule has 1 amide bonds. The second kappa shape index (κ2) is 8.84. The van der Waals surface area contributed by atoms with Gasteiger partial charge in [0.15, 0.2) is 11.4 Å². The quantitative estimate of drug-likeness (QED) is 0.660. The minimum absolute atomic E-state index is 0.217. The van der Waals surface area contributed by atoms with Gasteiger partial charge in [-0.25, -0.2) is 4.68 Å². The molecule has 1 aromatic heterocycles. The lowest BCUT2D eigenvalue weighted by atomic mass is 10.1. The Morgan fingerprint density at radius 3 is 2.61 bits per heavy atom. The maximum atomic E-state index is 12.9. The maximum Gasteiger partial charge on any atom is 0.280 e. The molecule has 0 saturated carbocycles. The number of carbonyl (C=O) groups excluding carboxylic acids is 1. The third-order valence-corrected chi connectivity index (χ3v) is 4.99. The van der Waals surface area contributed by atoms with E-state index >= 15 is 0 Å². The number of aromatic nitrogens is 2. The van der Waals surface area contributed by atoms with Crippen molar-refractivity contribution >= 4 is 22.4 Å². The van der Waals surface area contributed by atoms with E-state index in [1.807, 2.05) is 62.4 Å². The molecular formula is C21H23N3O3S. The smallest absolute Gasteiger partial charge is 0.280 e. The first kappa shape index (κ1) is 19.8. The second-order valence-corrected chi connectivity index (χ2v) is 7.75. The molecule has 0 aliphatic rings. The fraction of sp³-hybridized carbons (Fsp3) is 0.238. The summed E-state index contributed by atoms with van der Waals surface area (Å²) >= 11 is 0. The molecule has 0 aliphatic heterocycles. The van der Waals surface area contributed by atoms with Crippen molar-refractivity contribution in [2.75, 3.05) is 18.2 Å². The highest BCUT2D eigenvalue weighted by atomic mass is 32.2. The van der Waals surface area contributed by atoms with Crippen molar-refractivity contribution in [1.82, 2.24) is 9.78 Å². The van der Waals surface area contributed by atoms with E-state index in [1.165, 1.54) is 0 Å². The van der Waals surface area contributed by atoms with Gasteiger partial charge in [0.1, 0.15) is 0 Å². The first-order valence-corrected chi connectivity index (χ1v) is 10.7.